The Bertz CT molecular complexity index is 672. The van der Waals surface area contributed by atoms with E-state index in [1.807, 2.05) is 24.3 Å². The SMILES string of the molecule is O=C(NC1CCC12CCOCC2)c1ccc(-c2ccsc2)cc1. The first-order valence-electron chi connectivity index (χ1n) is 8.28. The van der Waals surface area contributed by atoms with Gasteiger partial charge in [0.2, 0.25) is 0 Å². The zero-order valence-electron chi connectivity index (χ0n) is 13.1. The van der Waals surface area contributed by atoms with Gasteiger partial charge >= 0.3 is 0 Å². The van der Waals surface area contributed by atoms with Crippen molar-refractivity contribution in [3.05, 3.63) is 46.7 Å². The van der Waals surface area contributed by atoms with Crippen molar-refractivity contribution in [1.82, 2.24) is 5.32 Å². The molecule has 1 aromatic carbocycles. The van der Waals surface area contributed by atoms with Gasteiger partial charge in [-0.05, 0) is 71.2 Å². The van der Waals surface area contributed by atoms with Crippen molar-refractivity contribution in [2.45, 2.75) is 31.7 Å². The molecule has 1 amide bonds. The second-order valence-electron chi connectivity index (χ2n) is 6.63. The van der Waals surface area contributed by atoms with E-state index in [1.54, 1.807) is 11.3 Å². The van der Waals surface area contributed by atoms with Gasteiger partial charge in [0.15, 0.2) is 0 Å². The van der Waals surface area contributed by atoms with Crippen LogP contribution in [0.5, 0.6) is 0 Å². The summed E-state index contributed by atoms with van der Waals surface area (Å²) in [5.74, 6) is 0.0532. The van der Waals surface area contributed by atoms with E-state index in [2.05, 4.69) is 22.1 Å². The molecule has 1 aliphatic carbocycles. The van der Waals surface area contributed by atoms with Gasteiger partial charge in [0.25, 0.3) is 5.91 Å². The molecule has 1 saturated heterocycles. The number of rotatable bonds is 3. The predicted molar refractivity (Wildman–Crippen MR) is 92.7 cm³/mol. The molecular weight excluding hydrogens is 306 g/mol. The summed E-state index contributed by atoms with van der Waals surface area (Å²) in [7, 11) is 0. The fourth-order valence-corrected chi connectivity index (χ4v) is 4.45. The molecule has 3 nitrogen and oxygen atoms in total. The molecule has 1 unspecified atom stereocenters. The number of hydrogen-bond donors (Lipinski definition) is 1. The van der Waals surface area contributed by atoms with Gasteiger partial charge in [-0.3, -0.25) is 4.79 Å². The lowest BCUT2D eigenvalue weighted by Crippen LogP contribution is -2.57. The van der Waals surface area contributed by atoms with E-state index in [4.69, 9.17) is 4.74 Å². The number of hydrogen-bond acceptors (Lipinski definition) is 3. The molecule has 2 aliphatic rings. The average molecular weight is 327 g/mol. The lowest BCUT2D eigenvalue weighted by atomic mass is 9.60. The van der Waals surface area contributed by atoms with Gasteiger partial charge in [-0.2, -0.15) is 11.3 Å². The first-order valence-corrected chi connectivity index (χ1v) is 9.22. The molecule has 1 N–H and O–H groups in total. The first-order chi connectivity index (χ1) is 11.3. The molecule has 2 heterocycles. The van der Waals surface area contributed by atoms with Crippen molar-refractivity contribution in [3.8, 4) is 11.1 Å². The summed E-state index contributed by atoms with van der Waals surface area (Å²) in [5.41, 5.74) is 3.41. The number of carbonyl (C=O) groups excluding carboxylic acids is 1. The maximum atomic E-state index is 12.5. The van der Waals surface area contributed by atoms with Gasteiger partial charge in [0.05, 0.1) is 0 Å². The second kappa shape index (κ2) is 6.10. The van der Waals surface area contributed by atoms with Gasteiger partial charge in [-0.15, -0.1) is 0 Å². The number of carbonyl (C=O) groups is 1. The van der Waals surface area contributed by atoms with Gasteiger partial charge in [0.1, 0.15) is 0 Å². The van der Waals surface area contributed by atoms with E-state index in [1.165, 1.54) is 12.0 Å². The third-order valence-electron chi connectivity index (χ3n) is 5.47. The standard InChI is InChI=1S/C19H21NO2S/c21-18(20-17-5-7-19(17)8-10-22-11-9-19)15-3-1-14(2-4-15)16-6-12-23-13-16/h1-4,6,12-13,17H,5,7-11H2,(H,20,21). The van der Waals surface area contributed by atoms with Crippen LogP contribution >= 0.6 is 11.3 Å². The third kappa shape index (κ3) is 2.81. The van der Waals surface area contributed by atoms with Gasteiger partial charge in [-0.25, -0.2) is 0 Å². The Kier molecular flexibility index (Phi) is 3.95. The van der Waals surface area contributed by atoms with E-state index < -0.39 is 0 Å². The number of benzene rings is 1. The molecule has 0 radical (unpaired) electrons. The largest absolute Gasteiger partial charge is 0.381 e. The fourth-order valence-electron chi connectivity index (χ4n) is 3.78. The molecule has 4 heteroatoms. The molecule has 1 atom stereocenters. The Labute approximate surface area is 140 Å². The molecule has 23 heavy (non-hydrogen) atoms. The Morgan fingerprint density at radius 1 is 1.09 bits per heavy atom. The Hall–Kier alpha value is -1.65. The van der Waals surface area contributed by atoms with Gasteiger partial charge in [-0.1, -0.05) is 12.1 Å². The molecule has 0 bridgehead atoms. The van der Waals surface area contributed by atoms with Crippen LogP contribution in [-0.2, 0) is 4.74 Å². The molecule has 1 spiro atoms. The fraction of sp³-hybridized carbons (Fsp3) is 0.421. The van der Waals surface area contributed by atoms with Crippen LogP contribution in [-0.4, -0.2) is 25.2 Å². The minimum absolute atomic E-state index is 0.0532. The molecule has 4 rings (SSSR count). The maximum Gasteiger partial charge on any atom is 0.251 e. The van der Waals surface area contributed by atoms with E-state index in [-0.39, 0.29) is 5.91 Å². The van der Waals surface area contributed by atoms with Crippen molar-refractivity contribution >= 4 is 17.2 Å². The first kappa shape index (κ1) is 14.9. The smallest absolute Gasteiger partial charge is 0.251 e. The Balaban J connectivity index is 1.43. The molecule has 1 saturated carbocycles. The van der Waals surface area contributed by atoms with Crippen LogP contribution in [0, 0.1) is 5.41 Å². The van der Waals surface area contributed by atoms with Crippen LogP contribution in [0.15, 0.2) is 41.1 Å². The number of nitrogens with one attached hydrogen (secondary N) is 1. The van der Waals surface area contributed by atoms with E-state index in [9.17, 15) is 4.79 Å². The molecular formula is C19H21NO2S. The summed E-state index contributed by atoms with van der Waals surface area (Å²) in [6.07, 6.45) is 4.47. The lowest BCUT2D eigenvalue weighted by Gasteiger charge is -2.52. The Morgan fingerprint density at radius 3 is 2.48 bits per heavy atom. The Morgan fingerprint density at radius 2 is 1.87 bits per heavy atom. The van der Waals surface area contributed by atoms with Crippen molar-refractivity contribution < 1.29 is 9.53 Å². The monoisotopic (exact) mass is 327 g/mol. The van der Waals surface area contributed by atoms with Crippen molar-refractivity contribution in [2.75, 3.05) is 13.2 Å². The van der Waals surface area contributed by atoms with E-state index in [0.29, 0.717) is 11.5 Å². The third-order valence-corrected chi connectivity index (χ3v) is 6.15. The second-order valence-corrected chi connectivity index (χ2v) is 7.41. The highest BCUT2D eigenvalue weighted by atomic mass is 32.1. The highest BCUT2D eigenvalue weighted by Crippen LogP contribution is 2.48. The van der Waals surface area contributed by atoms with Crippen LogP contribution in [0.3, 0.4) is 0 Å². The van der Waals surface area contributed by atoms with Crippen molar-refractivity contribution in [1.29, 1.82) is 0 Å². The quantitative estimate of drug-likeness (QED) is 0.921. The summed E-state index contributed by atoms with van der Waals surface area (Å²) < 4.78 is 5.48. The minimum atomic E-state index is 0.0532. The van der Waals surface area contributed by atoms with Crippen LogP contribution in [0.4, 0.5) is 0 Å². The van der Waals surface area contributed by atoms with Crippen LogP contribution in [0.25, 0.3) is 11.1 Å². The van der Waals surface area contributed by atoms with Crippen molar-refractivity contribution in [3.63, 3.8) is 0 Å². The lowest BCUT2D eigenvalue weighted by molar-refractivity contribution is -0.0523. The molecule has 120 valence electrons. The van der Waals surface area contributed by atoms with E-state index >= 15 is 0 Å². The summed E-state index contributed by atoms with van der Waals surface area (Å²) in [6.45, 7) is 1.67. The predicted octanol–water partition coefficient (Wildman–Crippen LogP) is 4.10. The summed E-state index contributed by atoms with van der Waals surface area (Å²) >= 11 is 1.69. The number of amides is 1. The maximum absolute atomic E-state index is 12.5. The highest BCUT2D eigenvalue weighted by Gasteiger charge is 2.47. The summed E-state index contributed by atoms with van der Waals surface area (Å²) in [6, 6.07) is 10.3. The average Bonchev–Trinajstić information content (AvgIpc) is 3.14. The summed E-state index contributed by atoms with van der Waals surface area (Å²) in [5, 5.41) is 7.45. The molecule has 1 aliphatic heterocycles. The zero-order chi connectivity index (χ0) is 15.7. The molecule has 2 fully saturated rings. The van der Waals surface area contributed by atoms with Gasteiger partial charge in [0, 0.05) is 24.8 Å². The van der Waals surface area contributed by atoms with Crippen LogP contribution in [0.1, 0.15) is 36.0 Å². The molecule has 2 aromatic rings. The van der Waals surface area contributed by atoms with E-state index in [0.717, 1.165) is 43.6 Å². The van der Waals surface area contributed by atoms with Crippen LogP contribution < -0.4 is 5.32 Å². The van der Waals surface area contributed by atoms with Crippen LogP contribution in [0.2, 0.25) is 0 Å². The highest BCUT2D eigenvalue weighted by molar-refractivity contribution is 7.08. The minimum Gasteiger partial charge on any atom is -0.381 e. The normalized spacial score (nSPS) is 22.5. The molecule has 1 aromatic heterocycles. The number of thiophene rings is 1. The summed E-state index contributed by atoms with van der Waals surface area (Å²) in [4.78, 5) is 12.5. The topological polar surface area (TPSA) is 38.3 Å². The number of ether oxygens (including phenoxy) is 1. The van der Waals surface area contributed by atoms with Crippen molar-refractivity contribution in [2.24, 2.45) is 5.41 Å². The zero-order valence-corrected chi connectivity index (χ0v) is 13.9. The van der Waals surface area contributed by atoms with Gasteiger partial charge < -0.3 is 10.1 Å².